The van der Waals surface area contributed by atoms with Gasteiger partial charge in [0.25, 0.3) is 15.9 Å². The van der Waals surface area contributed by atoms with Gasteiger partial charge < -0.3 is 4.90 Å². The minimum Gasteiger partial charge on any atom is -0.336 e. The van der Waals surface area contributed by atoms with Crippen molar-refractivity contribution in [3.63, 3.8) is 0 Å². The summed E-state index contributed by atoms with van der Waals surface area (Å²) in [6, 6.07) is 11.2. The van der Waals surface area contributed by atoms with E-state index in [-0.39, 0.29) is 27.9 Å². The van der Waals surface area contributed by atoms with E-state index in [1.165, 1.54) is 36.4 Å². The summed E-state index contributed by atoms with van der Waals surface area (Å²) in [6.45, 7) is 7.23. The number of hydrogen-bond donors (Lipinski definition) is 1. The van der Waals surface area contributed by atoms with E-state index in [2.05, 4.69) is 25.5 Å². The first-order valence-corrected chi connectivity index (χ1v) is 11.2. The number of rotatable bonds is 5. The van der Waals surface area contributed by atoms with Gasteiger partial charge in [-0.05, 0) is 73.2 Å². The van der Waals surface area contributed by atoms with Gasteiger partial charge in [0.2, 0.25) is 0 Å². The average Bonchev–Trinajstić information content (AvgIpc) is 3.09. The van der Waals surface area contributed by atoms with E-state index in [0.29, 0.717) is 5.56 Å². The Hall–Kier alpha value is -2.41. The van der Waals surface area contributed by atoms with Crippen LogP contribution in [0.4, 0.5) is 10.1 Å². The maximum Gasteiger partial charge on any atom is 0.261 e. The van der Waals surface area contributed by atoms with Crippen molar-refractivity contribution in [3.8, 4) is 0 Å². The second-order valence-corrected chi connectivity index (χ2v) is 10.4. The van der Waals surface area contributed by atoms with E-state index in [1.54, 1.807) is 12.1 Å². The molecular formula is C22H27FN2O3S. The summed E-state index contributed by atoms with van der Waals surface area (Å²) in [5.74, 6) is -0.505. The normalized spacial score (nSPS) is 17.4. The van der Waals surface area contributed by atoms with E-state index in [9.17, 15) is 17.6 Å². The highest BCUT2D eigenvalue weighted by Crippen LogP contribution is 2.31. The Balaban J connectivity index is 1.73. The van der Waals surface area contributed by atoms with Crippen molar-refractivity contribution >= 4 is 21.6 Å². The molecule has 7 heteroatoms. The number of carbonyl (C=O) groups is 1. The van der Waals surface area contributed by atoms with Gasteiger partial charge in [-0.15, -0.1) is 0 Å². The predicted octanol–water partition coefficient (Wildman–Crippen LogP) is 4.67. The Bertz CT molecular complexity index is 965. The van der Waals surface area contributed by atoms with Crippen LogP contribution in [0.25, 0.3) is 0 Å². The quantitative estimate of drug-likeness (QED) is 0.767. The summed E-state index contributed by atoms with van der Waals surface area (Å²) >= 11 is 0. The third-order valence-corrected chi connectivity index (χ3v) is 6.39. The highest BCUT2D eigenvalue weighted by molar-refractivity contribution is 7.92. The van der Waals surface area contributed by atoms with E-state index in [4.69, 9.17) is 0 Å². The molecule has 1 unspecified atom stereocenters. The Morgan fingerprint density at radius 3 is 2.31 bits per heavy atom. The number of halogens is 1. The standard InChI is InChI=1S/C22H27FN2O3S/c1-22(2,3)15-19-5-4-14-25(19)21(26)16-6-12-20(13-7-16)29(27,28)24-18-10-8-17(23)9-11-18/h6-13,19,24H,4-5,14-15H2,1-3H3. The molecule has 0 saturated carbocycles. The molecule has 1 N–H and O–H groups in total. The summed E-state index contributed by atoms with van der Waals surface area (Å²) in [5.41, 5.74) is 0.887. The summed E-state index contributed by atoms with van der Waals surface area (Å²) < 4.78 is 40.5. The third-order valence-electron chi connectivity index (χ3n) is 4.99. The van der Waals surface area contributed by atoms with Gasteiger partial charge in [0.05, 0.1) is 4.90 Å². The Kier molecular flexibility index (Phi) is 5.98. The van der Waals surface area contributed by atoms with Crippen LogP contribution in [-0.2, 0) is 10.0 Å². The number of hydrogen-bond acceptors (Lipinski definition) is 3. The molecule has 1 aliphatic rings. The van der Waals surface area contributed by atoms with Crippen LogP contribution in [0, 0.1) is 11.2 Å². The molecule has 1 aliphatic heterocycles. The van der Waals surface area contributed by atoms with Gasteiger partial charge in [-0.1, -0.05) is 20.8 Å². The fraction of sp³-hybridized carbons (Fsp3) is 0.409. The van der Waals surface area contributed by atoms with Crippen LogP contribution in [0.15, 0.2) is 53.4 Å². The van der Waals surface area contributed by atoms with Crippen molar-refractivity contribution < 1.29 is 17.6 Å². The molecule has 1 heterocycles. The maximum absolute atomic E-state index is 13.0. The summed E-state index contributed by atoms with van der Waals surface area (Å²) in [7, 11) is -3.82. The van der Waals surface area contributed by atoms with Crippen LogP contribution >= 0.6 is 0 Å². The van der Waals surface area contributed by atoms with E-state index >= 15 is 0 Å². The molecule has 2 aromatic carbocycles. The minimum atomic E-state index is -3.82. The lowest BCUT2D eigenvalue weighted by atomic mass is 9.87. The fourth-order valence-corrected chi connectivity index (χ4v) is 4.76. The Morgan fingerprint density at radius 1 is 1.10 bits per heavy atom. The largest absolute Gasteiger partial charge is 0.336 e. The lowest BCUT2D eigenvalue weighted by molar-refractivity contribution is 0.0704. The molecule has 3 rings (SSSR count). The zero-order valence-corrected chi connectivity index (χ0v) is 17.8. The topological polar surface area (TPSA) is 66.5 Å². The SMILES string of the molecule is CC(C)(C)CC1CCCN1C(=O)c1ccc(S(=O)(=O)Nc2ccc(F)cc2)cc1. The molecule has 1 fully saturated rings. The van der Waals surface area contributed by atoms with Gasteiger partial charge in [-0.25, -0.2) is 12.8 Å². The maximum atomic E-state index is 13.0. The first-order valence-electron chi connectivity index (χ1n) is 9.75. The first kappa shape index (κ1) is 21.3. The van der Waals surface area contributed by atoms with Crippen molar-refractivity contribution in [1.29, 1.82) is 0 Å². The molecule has 1 atom stereocenters. The molecule has 2 aromatic rings. The average molecular weight is 419 g/mol. The number of carbonyl (C=O) groups excluding carboxylic acids is 1. The number of nitrogens with zero attached hydrogens (tertiary/aromatic N) is 1. The lowest BCUT2D eigenvalue weighted by Gasteiger charge is -2.30. The van der Waals surface area contributed by atoms with E-state index < -0.39 is 15.8 Å². The van der Waals surface area contributed by atoms with Crippen LogP contribution in [-0.4, -0.2) is 31.8 Å². The minimum absolute atomic E-state index is 0.0473. The van der Waals surface area contributed by atoms with E-state index in [0.717, 1.165) is 25.8 Å². The monoisotopic (exact) mass is 418 g/mol. The molecule has 29 heavy (non-hydrogen) atoms. The molecule has 1 amide bonds. The zero-order valence-electron chi connectivity index (χ0n) is 17.0. The number of likely N-dealkylation sites (tertiary alicyclic amines) is 1. The van der Waals surface area contributed by atoms with Crippen LogP contribution < -0.4 is 4.72 Å². The molecule has 0 spiro atoms. The molecule has 0 bridgehead atoms. The van der Waals surface area contributed by atoms with Gasteiger partial charge in [0, 0.05) is 23.8 Å². The summed E-state index contributed by atoms with van der Waals surface area (Å²) in [5, 5.41) is 0. The number of nitrogens with one attached hydrogen (secondary N) is 1. The van der Waals surface area contributed by atoms with Gasteiger partial charge in [0.1, 0.15) is 5.82 Å². The Morgan fingerprint density at radius 2 is 1.72 bits per heavy atom. The molecule has 0 aromatic heterocycles. The van der Waals surface area contributed by atoms with Gasteiger partial charge >= 0.3 is 0 Å². The first-order chi connectivity index (χ1) is 13.5. The highest BCUT2D eigenvalue weighted by atomic mass is 32.2. The smallest absolute Gasteiger partial charge is 0.261 e. The summed E-state index contributed by atoms with van der Waals surface area (Å²) in [4.78, 5) is 14.9. The van der Waals surface area contributed by atoms with Crippen molar-refractivity contribution in [2.24, 2.45) is 5.41 Å². The zero-order chi connectivity index (χ0) is 21.2. The van der Waals surface area contributed by atoms with Crippen LogP contribution in [0.3, 0.4) is 0 Å². The van der Waals surface area contributed by atoms with Gasteiger partial charge in [0.15, 0.2) is 0 Å². The molecular weight excluding hydrogens is 391 g/mol. The van der Waals surface area contributed by atoms with Crippen molar-refractivity contribution in [1.82, 2.24) is 4.90 Å². The van der Waals surface area contributed by atoms with Crippen molar-refractivity contribution in [3.05, 3.63) is 59.9 Å². The predicted molar refractivity (Wildman–Crippen MR) is 112 cm³/mol. The van der Waals surface area contributed by atoms with Gasteiger partial charge in [-0.3, -0.25) is 9.52 Å². The number of anilines is 1. The van der Waals surface area contributed by atoms with Gasteiger partial charge in [-0.2, -0.15) is 0 Å². The number of sulfonamides is 1. The molecule has 0 aliphatic carbocycles. The van der Waals surface area contributed by atoms with Crippen LogP contribution in [0.5, 0.6) is 0 Å². The highest BCUT2D eigenvalue weighted by Gasteiger charge is 2.32. The second kappa shape index (κ2) is 8.14. The lowest BCUT2D eigenvalue weighted by Crippen LogP contribution is -2.37. The van der Waals surface area contributed by atoms with Crippen molar-refractivity contribution in [2.75, 3.05) is 11.3 Å². The molecule has 5 nitrogen and oxygen atoms in total. The fourth-order valence-electron chi connectivity index (χ4n) is 3.70. The third kappa shape index (κ3) is 5.35. The summed E-state index contributed by atoms with van der Waals surface area (Å²) in [6.07, 6.45) is 2.92. The Labute approximate surface area is 172 Å². The number of amides is 1. The molecule has 0 radical (unpaired) electrons. The molecule has 156 valence electrons. The second-order valence-electron chi connectivity index (χ2n) is 8.70. The van der Waals surface area contributed by atoms with E-state index in [1.807, 2.05) is 4.90 Å². The van der Waals surface area contributed by atoms with Crippen LogP contribution in [0.1, 0.15) is 50.4 Å². The molecule has 1 saturated heterocycles. The van der Waals surface area contributed by atoms with Crippen LogP contribution in [0.2, 0.25) is 0 Å². The number of benzene rings is 2. The van der Waals surface area contributed by atoms with Crippen molar-refractivity contribution in [2.45, 2.75) is 51.0 Å².